The molecule has 0 spiro atoms. The van der Waals surface area contributed by atoms with Crippen LogP contribution in [0.1, 0.15) is 6.92 Å². The molecule has 0 aliphatic carbocycles. The quantitative estimate of drug-likeness (QED) is 0.458. The summed E-state index contributed by atoms with van der Waals surface area (Å²) in [7, 11) is 0. The van der Waals surface area contributed by atoms with Gasteiger partial charge in [0.15, 0.2) is 0 Å². The highest BCUT2D eigenvalue weighted by atomic mass is 32.1. The summed E-state index contributed by atoms with van der Waals surface area (Å²) in [5, 5.41) is 0. The molecule has 8 heavy (non-hydrogen) atoms. The van der Waals surface area contributed by atoms with Gasteiger partial charge in [-0.15, -0.1) is 0 Å². The molecule has 1 aliphatic heterocycles. The van der Waals surface area contributed by atoms with Crippen molar-refractivity contribution in [1.29, 1.82) is 0 Å². The second-order valence-electron chi connectivity index (χ2n) is 2.51. The third-order valence-electron chi connectivity index (χ3n) is 1.65. The van der Waals surface area contributed by atoms with Gasteiger partial charge < -0.3 is 5.73 Å². The van der Waals surface area contributed by atoms with Gasteiger partial charge in [0, 0.05) is 19.1 Å². The van der Waals surface area contributed by atoms with E-state index in [-0.39, 0.29) is 0 Å². The first-order valence-electron chi connectivity index (χ1n) is 2.89. The van der Waals surface area contributed by atoms with E-state index in [1.165, 1.54) is 0 Å². The fourth-order valence-electron chi connectivity index (χ4n) is 0.966. The van der Waals surface area contributed by atoms with Gasteiger partial charge >= 0.3 is 0 Å². The van der Waals surface area contributed by atoms with Crippen LogP contribution in [0.4, 0.5) is 0 Å². The van der Waals surface area contributed by atoms with Crippen molar-refractivity contribution in [3.05, 3.63) is 0 Å². The van der Waals surface area contributed by atoms with Crippen LogP contribution in [0, 0.1) is 5.92 Å². The molecule has 1 saturated heterocycles. The van der Waals surface area contributed by atoms with E-state index >= 15 is 0 Å². The minimum atomic E-state index is 0.340. The highest BCUT2D eigenvalue weighted by Gasteiger charge is 2.23. The minimum Gasteiger partial charge on any atom is -0.326 e. The first kappa shape index (κ1) is 6.39. The molecule has 0 saturated carbocycles. The first-order valence-corrected chi connectivity index (χ1v) is 3.29. The molecular weight excluding hydrogens is 120 g/mol. The van der Waals surface area contributed by atoms with Crippen LogP contribution in [0.2, 0.25) is 0 Å². The van der Waals surface area contributed by atoms with Crippen LogP contribution in [-0.2, 0) is 0 Å². The van der Waals surface area contributed by atoms with Gasteiger partial charge in [-0.2, -0.15) is 0 Å². The summed E-state index contributed by atoms with van der Waals surface area (Å²) in [6.07, 6.45) is 0. The van der Waals surface area contributed by atoms with E-state index in [1.807, 2.05) is 4.31 Å². The van der Waals surface area contributed by atoms with Crippen LogP contribution >= 0.6 is 12.8 Å². The Kier molecular flexibility index (Phi) is 1.80. The van der Waals surface area contributed by atoms with Gasteiger partial charge in [-0.1, -0.05) is 19.7 Å². The lowest BCUT2D eigenvalue weighted by Crippen LogP contribution is -2.26. The molecule has 1 fully saturated rings. The van der Waals surface area contributed by atoms with Crippen LogP contribution in [0.3, 0.4) is 0 Å². The van der Waals surface area contributed by atoms with Crippen molar-refractivity contribution in [2.75, 3.05) is 13.1 Å². The second-order valence-corrected chi connectivity index (χ2v) is 3.08. The molecule has 0 amide bonds. The molecule has 2 N–H and O–H groups in total. The maximum atomic E-state index is 5.68. The molecule has 0 aromatic rings. The van der Waals surface area contributed by atoms with E-state index in [0.29, 0.717) is 12.0 Å². The normalized spacial score (nSPS) is 40.9. The standard InChI is InChI=1S/C5H12N2S/c1-4-2-7(8)3-5(4)6/h4-5,8H,2-3,6H2,1H3. The van der Waals surface area contributed by atoms with Gasteiger partial charge in [0.1, 0.15) is 0 Å². The summed E-state index contributed by atoms with van der Waals surface area (Å²) in [6.45, 7) is 4.12. The lowest BCUT2D eigenvalue weighted by atomic mass is 10.1. The van der Waals surface area contributed by atoms with Crippen molar-refractivity contribution in [2.24, 2.45) is 11.7 Å². The van der Waals surface area contributed by atoms with Gasteiger partial charge in [0.05, 0.1) is 0 Å². The summed E-state index contributed by atoms with van der Waals surface area (Å²) in [6, 6.07) is 0.340. The van der Waals surface area contributed by atoms with Crippen LogP contribution in [0.5, 0.6) is 0 Å². The third kappa shape index (κ3) is 1.16. The van der Waals surface area contributed by atoms with Crippen LogP contribution in [0.25, 0.3) is 0 Å². The number of nitrogens with two attached hydrogens (primary N) is 1. The topological polar surface area (TPSA) is 29.3 Å². The minimum absolute atomic E-state index is 0.340. The third-order valence-corrected chi connectivity index (χ3v) is 1.98. The van der Waals surface area contributed by atoms with Crippen LogP contribution < -0.4 is 5.73 Å². The Labute approximate surface area is 55.6 Å². The average Bonchev–Trinajstić information content (AvgIpc) is 1.85. The van der Waals surface area contributed by atoms with Crippen molar-refractivity contribution >= 4 is 12.8 Å². The van der Waals surface area contributed by atoms with Gasteiger partial charge in [0.2, 0.25) is 0 Å². The maximum Gasteiger partial charge on any atom is 0.0242 e. The second kappa shape index (κ2) is 2.25. The zero-order valence-corrected chi connectivity index (χ0v) is 5.94. The first-order chi connectivity index (χ1) is 3.70. The Morgan fingerprint density at radius 3 is 2.38 bits per heavy atom. The predicted octanol–water partition coefficient (Wildman–Crippen LogP) is 0.110. The van der Waals surface area contributed by atoms with Gasteiger partial charge in [-0.3, -0.25) is 4.31 Å². The Hall–Kier alpha value is 0.270. The molecule has 2 atom stereocenters. The molecule has 1 rings (SSSR count). The van der Waals surface area contributed by atoms with Crippen molar-refractivity contribution in [1.82, 2.24) is 4.31 Å². The Bertz CT molecular complexity index is 76.5. The predicted molar refractivity (Wildman–Crippen MR) is 37.7 cm³/mol. The highest BCUT2D eigenvalue weighted by molar-refractivity contribution is 7.77. The largest absolute Gasteiger partial charge is 0.326 e. The zero-order valence-electron chi connectivity index (χ0n) is 5.04. The van der Waals surface area contributed by atoms with E-state index in [2.05, 4.69) is 19.7 Å². The Morgan fingerprint density at radius 1 is 1.62 bits per heavy atom. The summed E-state index contributed by atoms with van der Waals surface area (Å²) in [4.78, 5) is 0. The molecule has 0 radical (unpaired) electrons. The van der Waals surface area contributed by atoms with Gasteiger partial charge in [-0.25, -0.2) is 0 Å². The molecule has 0 aromatic carbocycles. The zero-order chi connectivity index (χ0) is 6.15. The molecule has 48 valence electrons. The Morgan fingerprint density at radius 2 is 2.25 bits per heavy atom. The summed E-state index contributed by atoms with van der Waals surface area (Å²) in [5.74, 6) is 0.618. The lowest BCUT2D eigenvalue weighted by Gasteiger charge is -2.03. The molecule has 0 aromatic heterocycles. The van der Waals surface area contributed by atoms with Crippen molar-refractivity contribution in [3.63, 3.8) is 0 Å². The molecule has 2 nitrogen and oxygen atoms in total. The number of hydrogen-bond donors (Lipinski definition) is 2. The average molecular weight is 132 g/mol. The number of nitrogens with zero attached hydrogens (tertiary/aromatic N) is 1. The SMILES string of the molecule is CC1CN(S)CC1N. The lowest BCUT2D eigenvalue weighted by molar-refractivity contribution is 0.547. The number of rotatable bonds is 0. The molecular formula is C5H12N2S. The molecule has 1 aliphatic rings. The molecule has 2 unspecified atom stereocenters. The number of thiol groups is 1. The number of hydrogen-bond acceptors (Lipinski definition) is 3. The van der Waals surface area contributed by atoms with E-state index in [1.54, 1.807) is 0 Å². The van der Waals surface area contributed by atoms with Crippen LogP contribution in [-0.4, -0.2) is 23.4 Å². The summed E-state index contributed by atoms with van der Waals surface area (Å²) < 4.78 is 1.97. The summed E-state index contributed by atoms with van der Waals surface area (Å²) >= 11 is 4.16. The highest BCUT2D eigenvalue weighted by Crippen LogP contribution is 2.14. The van der Waals surface area contributed by atoms with E-state index in [9.17, 15) is 0 Å². The Balaban J connectivity index is 2.39. The fraction of sp³-hybridized carbons (Fsp3) is 1.00. The smallest absolute Gasteiger partial charge is 0.0242 e. The fourth-order valence-corrected chi connectivity index (χ4v) is 1.41. The van der Waals surface area contributed by atoms with Crippen molar-refractivity contribution in [2.45, 2.75) is 13.0 Å². The monoisotopic (exact) mass is 132 g/mol. The van der Waals surface area contributed by atoms with E-state index in [0.717, 1.165) is 13.1 Å². The van der Waals surface area contributed by atoms with Crippen LogP contribution in [0.15, 0.2) is 0 Å². The van der Waals surface area contributed by atoms with Gasteiger partial charge in [0.25, 0.3) is 0 Å². The molecule has 1 heterocycles. The maximum absolute atomic E-state index is 5.68. The van der Waals surface area contributed by atoms with Crippen molar-refractivity contribution < 1.29 is 0 Å². The molecule has 0 bridgehead atoms. The van der Waals surface area contributed by atoms with Crippen molar-refractivity contribution in [3.8, 4) is 0 Å². The summed E-state index contributed by atoms with van der Waals surface area (Å²) in [5.41, 5.74) is 5.68. The van der Waals surface area contributed by atoms with E-state index < -0.39 is 0 Å². The van der Waals surface area contributed by atoms with E-state index in [4.69, 9.17) is 5.73 Å². The van der Waals surface area contributed by atoms with Gasteiger partial charge in [-0.05, 0) is 5.92 Å². The molecule has 3 heteroatoms.